The highest BCUT2D eigenvalue weighted by Crippen LogP contribution is 2.29. The maximum Gasteiger partial charge on any atom is 0.251 e. The SMILES string of the molecule is COc1ccc(C(=O)NC(CN)CC(C)C)cc1S(=O)(=O)N1CCCC1. The summed E-state index contributed by atoms with van der Waals surface area (Å²) in [7, 11) is -2.27. The highest BCUT2D eigenvalue weighted by Gasteiger charge is 2.30. The van der Waals surface area contributed by atoms with Crippen LogP contribution >= 0.6 is 0 Å². The molecule has 1 heterocycles. The van der Waals surface area contributed by atoms with Gasteiger partial charge in [-0.1, -0.05) is 13.8 Å². The first kappa shape index (κ1) is 20.7. The van der Waals surface area contributed by atoms with Crippen molar-refractivity contribution in [1.82, 2.24) is 9.62 Å². The third kappa shape index (κ3) is 4.75. The number of nitrogens with two attached hydrogens (primary N) is 1. The zero-order valence-corrected chi connectivity index (χ0v) is 16.5. The predicted molar refractivity (Wildman–Crippen MR) is 101 cm³/mol. The molecule has 8 heteroatoms. The van der Waals surface area contributed by atoms with Crippen molar-refractivity contribution in [2.45, 2.75) is 44.0 Å². The summed E-state index contributed by atoms with van der Waals surface area (Å²) in [6.45, 7) is 5.43. The van der Waals surface area contributed by atoms with Gasteiger partial charge in [-0.15, -0.1) is 0 Å². The molecule has 2 rings (SSSR count). The van der Waals surface area contributed by atoms with Crippen molar-refractivity contribution in [1.29, 1.82) is 0 Å². The first-order valence-electron chi connectivity index (χ1n) is 8.98. The minimum Gasteiger partial charge on any atom is -0.495 e. The second-order valence-electron chi connectivity index (χ2n) is 7.01. The first-order valence-corrected chi connectivity index (χ1v) is 10.4. The molecule has 0 radical (unpaired) electrons. The van der Waals surface area contributed by atoms with Gasteiger partial charge in [0.25, 0.3) is 5.91 Å². The highest BCUT2D eigenvalue weighted by atomic mass is 32.2. The van der Waals surface area contributed by atoms with E-state index < -0.39 is 10.0 Å². The largest absolute Gasteiger partial charge is 0.495 e. The number of sulfonamides is 1. The molecule has 1 fully saturated rings. The number of nitrogens with one attached hydrogen (secondary N) is 1. The van der Waals surface area contributed by atoms with Crippen molar-refractivity contribution in [2.24, 2.45) is 11.7 Å². The predicted octanol–water partition coefficient (Wildman–Crippen LogP) is 1.58. The van der Waals surface area contributed by atoms with E-state index in [0.29, 0.717) is 25.6 Å². The van der Waals surface area contributed by atoms with Crippen LogP contribution in [0.5, 0.6) is 5.75 Å². The quantitative estimate of drug-likeness (QED) is 0.710. The molecule has 26 heavy (non-hydrogen) atoms. The first-order chi connectivity index (χ1) is 12.3. The van der Waals surface area contributed by atoms with E-state index in [1.165, 1.54) is 23.5 Å². The molecule has 1 unspecified atom stereocenters. The number of amides is 1. The number of carbonyl (C=O) groups excluding carboxylic acids is 1. The molecule has 0 bridgehead atoms. The summed E-state index contributed by atoms with van der Waals surface area (Å²) in [6, 6.07) is 4.34. The second kappa shape index (κ2) is 8.83. The number of rotatable bonds is 8. The standard InChI is InChI=1S/C18H29N3O4S/c1-13(2)10-15(12-19)20-18(22)14-6-7-16(25-3)17(11-14)26(23,24)21-8-4-5-9-21/h6-7,11,13,15H,4-5,8-10,12,19H2,1-3H3,(H,20,22). The van der Waals surface area contributed by atoms with E-state index in [4.69, 9.17) is 10.5 Å². The minimum atomic E-state index is -3.69. The molecule has 0 spiro atoms. The van der Waals surface area contributed by atoms with Gasteiger partial charge in [0.05, 0.1) is 7.11 Å². The molecule has 1 saturated heterocycles. The lowest BCUT2D eigenvalue weighted by Crippen LogP contribution is -2.41. The Kier molecular flexibility index (Phi) is 7.02. The second-order valence-corrected chi connectivity index (χ2v) is 8.92. The molecule has 146 valence electrons. The van der Waals surface area contributed by atoms with Gasteiger partial charge in [0, 0.05) is 31.2 Å². The molecule has 1 aromatic rings. The fourth-order valence-electron chi connectivity index (χ4n) is 3.14. The fourth-order valence-corrected chi connectivity index (χ4v) is 4.84. The number of carbonyl (C=O) groups is 1. The van der Waals surface area contributed by atoms with E-state index in [-0.39, 0.29) is 28.2 Å². The van der Waals surface area contributed by atoms with Crippen molar-refractivity contribution in [3.8, 4) is 5.75 Å². The lowest BCUT2D eigenvalue weighted by atomic mass is 10.0. The van der Waals surface area contributed by atoms with Crippen LogP contribution in [-0.2, 0) is 10.0 Å². The summed E-state index contributed by atoms with van der Waals surface area (Å²) in [6.07, 6.45) is 2.45. The Labute approximate surface area is 155 Å². The Morgan fingerprint density at radius 1 is 1.31 bits per heavy atom. The molecule has 1 aliphatic heterocycles. The Morgan fingerprint density at radius 2 is 1.96 bits per heavy atom. The molecule has 7 nitrogen and oxygen atoms in total. The van der Waals surface area contributed by atoms with Crippen molar-refractivity contribution in [3.05, 3.63) is 23.8 Å². The molecule has 0 aromatic heterocycles. The maximum absolute atomic E-state index is 12.9. The van der Waals surface area contributed by atoms with Crippen LogP contribution in [0.15, 0.2) is 23.1 Å². The number of methoxy groups -OCH3 is 1. The van der Waals surface area contributed by atoms with E-state index in [9.17, 15) is 13.2 Å². The average molecular weight is 384 g/mol. The average Bonchev–Trinajstić information content (AvgIpc) is 3.15. The van der Waals surface area contributed by atoms with Crippen LogP contribution < -0.4 is 15.8 Å². The van der Waals surface area contributed by atoms with Crippen molar-refractivity contribution in [2.75, 3.05) is 26.7 Å². The topological polar surface area (TPSA) is 102 Å². The molecular formula is C18H29N3O4S. The van der Waals surface area contributed by atoms with Crippen molar-refractivity contribution in [3.63, 3.8) is 0 Å². The summed E-state index contributed by atoms with van der Waals surface area (Å²) in [5.41, 5.74) is 6.02. The molecule has 1 aliphatic rings. The van der Waals surface area contributed by atoms with E-state index in [1.54, 1.807) is 6.07 Å². The molecule has 1 atom stereocenters. The van der Waals surface area contributed by atoms with Crippen LogP contribution in [0, 0.1) is 5.92 Å². The smallest absolute Gasteiger partial charge is 0.251 e. The number of benzene rings is 1. The Hall–Kier alpha value is -1.64. The van der Waals surface area contributed by atoms with Crippen LogP contribution in [0.25, 0.3) is 0 Å². The van der Waals surface area contributed by atoms with Gasteiger partial charge in [-0.3, -0.25) is 4.79 Å². The van der Waals surface area contributed by atoms with E-state index in [2.05, 4.69) is 19.2 Å². The van der Waals surface area contributed by atoms with Crippen LogP contribution in [0.1, 0.15) is 43.5 Å². The molecule has 1 amide bonds. The van der Waals surface area contributed by atoms with Crippen LogP contribution in [-0.4, -0.2) is 51.4 Å². The van der Waals surface area contributed by atoms with Gasteiger partial charge in [-0.25, -0.2) is 8.42 Å². The van der Waals surface area contributed by atoms with Gasteiger partial charge in [0.15, 0.2) is 0 Å². The Balaban J connectivity index is 2.29. The summed E-state index contributed by atoms with van der Waals surface area (Å²) < 4.78 is 32.5. The number of nitrogens with zero attached hydrogens (tertiary/aromatic N) is 1. The maximum atomic E-state index is 12.9. The number of ether oxygens (including phenoxy) is 1. The molecule has 0 saturated carbocycles. The van der Waals surface area contributed by atoms with E-state index in [0.717, 1.165) is 19.3 Å². The van der Waals surface area contributed by atoms with Gasteiger partial charge in [0.2, 0.25) is 10.0 Å². The van der Waals surface area contributed by atoms with E-state index >= 15 is 0 Å². The van der Waals surface area contributed by atoms with Crippen LogP contribution in [0.3, 0.4) is 0 Å². The Morgan fingerprint density at radius 3 is 2.50 bits per heavy atom. The lowest BCUT2D eigenvalue weighted by Gasteiger charge is -2.20. The highest BCUT2D eigenvalue weighted by molar-refractivity contribution is 7.89. The third-order valence-corrected chi connectivity index (χ3v) is 6.40. The van der Waals surface area contributed by atoms with Gasteiger partial charge in [0.1, 0.15) is 10.6 Å². The molecule has 3 N–H and O–H groups in total. The lowest BCUT2D eigenvalue weighted by molar-refractivity contribution is 0.0933. The van der Waals surface area contributed by atoms with Gasteiger partial charge in [-0.2, -0.15) is 4.31 Å². The molecular weight excluding hydrogens is 354 g/mol. The van der Waals surface area contributed by atoms with Crippen molar-refractivity contribution >= 4 is 15.9 Å². The fraction of sp³-hybridized carbons (Fsp3) is 0.611. The van der Waals surface area contributed by atoms with Gasteiger partial charge >= 0.3 is 0 Å². The number of hydrogen-bond acceptors (Lipinski definition) is 5. The zero-order valence-electron chi connectivity index (χ0n) is 15.7. The summed E-state index contributed by atoms with van der Waals surface area (Å²) in [4.78, 5) is 12.6. The minimum absolute atomic E-state index is 0.0303. The normalized spacial score (nSPS) is 16.7. The monoisotopic (exact) mass is 383 g/mol. The molecule has 0 aliphatic carbocycles. The summed E-state index contributed by atoms with van der Waals surface area (Å²) in [5, 5.41) is 2.89. The zero-order chi connectivity index (χ0) is 19.3. The summed E-state index contributed by atoms with van der Waals surface area (Å²) in [5.74, 6) is 0.304. The third-order valence-electron chi connectivity index (χ3n) is 4.48. The van der Waals surface area contributed by atoms with Gasteiger partial charge < -0.3 is 15.8 Å². The van der Waals surface area contributed by atoms with Gasteiger partial charge in [-0.05, 0) is 43.4 Å². The molecule has 1 aromatic carbocycles. The van der Waals surface area contributed by atoms with Crippen LogP contribution in [0.4, 0.5) is 0 Å². The summed E-state index contributed by atoms with van der Waals surface area (Å²) >= 11 is 0. The Bertz CT molecular complexity index is 728. The van der Waals surface area contributed by atoms with Crippen molar-refractivity contribution < 1.29 is 17.9 Å². The van der Waals surface area contributed by atoms with Crippen LogP contribution in [0.2, 0.25) is 0 Å². The van der Waals surface area contributed by atoms with E-state index in [1.807, 2.05) is 0 Å². The number of hydrogen-bond donors (Lipinski definition) is 2.